The van der Waals surface area contributed by atoms with Crippen LogP contribution in [-0.2, 0) is 23.7 Å². The van der Waals surface area contributed by atoms with Gasteiger partial charge in [0, 0.05) is 0 Å². The molecule has 0 amide bonds. The molecule has 0 aromatic carbocycles. The van der Waals surface area contributed by atoms with Crippen LogP contribution in [0, 0.1) is 0 Å². The fraction of sp³-hybridized carbons (Fsp3) is 1.00. The van der Waals surface area contributed by atoms with Crippen molar-refractivity contribution < 1.29 is 79.9 Å². The van der Waals surface area contributed by atoms with Crippen LogP contribution in [0.5, 0.6) is 0 Å². The fourth-order valence-electron chi connectivity index (χ4n) is 3.84. The lowest BCUT2D eigenvalue weighted by Gasteiger charge is -2.43. The Balaban J connectivity index is 1.58. The van der Waals surface area contributed by atoms with Crippen molar-refractivity contribution >= 4 is 0 Å². The maximum absolute atomic E-state index is 10.2. The first-order valence-corrected chi connectivity index (χ1v) is 10.6. The third-order valence-corrected chi connectivity index (χ3v) is 6.05. The molecule has 0 bridgehead atoms. The van der Waals surface area contributed by atoms with Crippen LogP contribution >= 0.6 is 0 Å². The second kappa shape index (κ2) is 11.6. The fourth-order valence-corrected chi connectivity index (χ4v) is 3.84. The normalized spacial score (nSPS) is 52.5. The van der Waals surface area contributed by atoms with Crippen molar-refractivity contribution in [3.05, 3.63) is 0 Å². The van der Waals surface area contributed by atoms with Gasteiger partial charge in [0.15, 0.2) is 18.9 Å². The van der Waals surface area contributed by atoms with Crippen LogP contribution in [0.25, 0.3) is 0 Å². The Kier molecular flexibility index (Phi) is 9.54. The molecule has 16 heteroatoms. The molecule has 0 saturated carbocycles. The van der Waals surface area contributed by atoms with Gasteiger partial charge in [-0.05, 0) is 0 Å². The van der Waals surface area contributed by atoms with E-state index in [0.29, 0.717) is 0 Å². The van der Waals surface area contributed by atoms with Gasteiger partial charge in [-0.3, -0.25) is 0 Å². The molecule has 0 spiro atoms. The predicted octanol–water partition coefficient (Wildman–Crippen LogP) is -7.57. The summed E-state index contributed by atoms with van der Waals surface area (Å²) >= 11 is 0. The minimum Gasteiger partial charge on any atom is -0.394 e. The molecule has 16 nitrogen and oxygen atoms in total. The molecule has 3 aliphatic rings. The molecule has 0 aromatic heterocycles. The molecular formula is C18H32O16. The Hall–Kier alpha value is -0.640. The van der Waals surface area contributed by atoms with Crippen molar-refractivity contribution in [3.8, 4) is 0 Å². The zero-order chi connectivity index (χ0) is 25.3. The summed E-state index contributed by atoms with van der Waals surface area (Å²) < 4.78 is 26.1. The summed E-state index contributed by atoms with van der Waals surface area (Å²) in [6, 6.07) is 0. The molecule has 15 atom stereocenters. The van der Waals surface area contributed by atoms with E-state index >= 15 is 0 Å². The van der Waals surface area contributed by atoms with Crippen molar-refractivity contribution in [2.45, 2.75) is 92.1 Å². The lowest BCUT2D eigenvalue weighted by Crippen LogP contribution is -2.62. The first kappa shape index (κ1) is 27.9. The summed E-state index contributed by atoms with van der Waals surface area (Å²) in [5.74, 6) is 0. The minimum absolute atomic E-state index is 0.570. The lowest BCUT2D eigenvalue weighted by molar-refractivity contribution is -0.340. The van der Waals surface area contributed by atoms with Crippen LogP contribution in [-0.4, -0.2) is 168 Å². The maximum atomic E-state index is 10.2. The second-order valence-electron chi connectivity index (χ2n) is 8.42. The van der Waals surface area contributed by atoms with Gasteiger partial charge in [0.1, 0.15) is 73.2 Å². The average Bonchev–Trinajstić information content (AvgIpc) is 2.82. The summed E-state index contributed by atoms with van der Waals surface area (Å²) in [5, 5.41) is 108. The van der Waals surface area contributed by atoms with Gasteiger partial charge in [-0.1, -0.05) is 0 Å². The molecular weight excluding hydrogens is 472 g/mol. The minimum atomic E-state index is -1.82. The third kappa shape index (κ3) is 5.68. The average molecular weight is 504 g/mol. The third-order valence-electron chi connectivity index (χ3n) is 6.05. The van der Waals surface area contributed by atoms with Crippen molar-refractivity contribution in [2.24, 2.45) is 0 Å². The number of rotatable bonds is 7. The Labute approximate surface area is 192 Å². The summed E-state index contributed by atoms with van der Waals surface area (Å²) in [4.78, 5) is 0. The van der Waals surface area contributed by atoms with E-state index in [1.807, 2.05) is 0 Å². The molecule has 3 heterocycles. The molecule has 1 unspecified atom stereocenters. The van der Waals surface area contributed by atoms with E-state index in [9.17, 15) is 56.2 Å². The van der Waals surface area contributed by atoms with Gasteiger partial charge in [-0.25, -0.2) is 0 Å². The van der Waals surface area contributed by atoms with E-state index in [4.69, 9.17) is 23.7 Å². The van der Waals surface area contributed by atoms with Crippen molar-refractivity contribution in [1.82, 2.24) is 0 Å². The van der Waals surface area contributed by atoms with Gasteiger partial charge >= 0.3 is 0 Å². The molecule has 0 aliphatic carbocycles. The summed E-state index contributed by atoms with van der Waals surface area (Å²) in [6.07, 6.45) is -24.4. The standard InChI is InChI=1S/C18H32O16/c19-1-4-7(20)11(24)14(27)17(33-4)31-3-6-9(22)12(25)15(28)18(34-6)30-2-5-8(21)10(23)13(26)16(29)32-5/h4-29H,1-3H2/t4-,5-,6-,7+,8+,9+,10+,11-,12+,13-,14-,15-,16?,17+,18+/m1/s1. The Morgan fingerprint density at radius 2 is 0.824 bits per heavy atom. The highest BCUT2D eigenvalue weighted by atomic mass is 16.7. The van der Waals surface area contributed by atoms with Crippen molar-refractivity contribution in [3.63, 3.8) is 0 Å². The van der Waals surface area contributed by atoms with E-state index in [1.54, 1.807) is 0 Å². The van der Waals surface area contributed by atoms with Crippen molar-refractivity contribution in [1.29, 1.82) is 0 Å². The van der Waals surface area contributed by atoms with Gasteiger partial charge < -0.3 is 79.9 Å². The zero-order valence-electron chi connectivity index (χ0n) is 17.7. The zero-order valence-corrected chi connectivity index (χ0v) is 17.7. The highest BCUT2D eigenvalue weighted by Crippen LogP contribution is 2.27. The number of aliphatic hydroxyl groups excluding tert-OH is 11. The number of hydrogen-bond acceptors (Lipinski definition) is 16. The largest absolute Gasteiger partial charge is 0.394 e. The molecule has 3 fully saturated rings. The predicted molar refractivity (Wildman–Crippen MR) is 101 cm³/mol. The first-order chi connectivity index (χ1) is 16.0. The van der Waals surface area contributed by atoms with E-state index in [0.717, 1.165) is 0 Å². The van der Waals surface area contributed by atoms with Gasteiger partial charge in [0.2, 0.25) is 0 Å². The molecule has 34 heavy (non-hydrogen) atoms. The quantitative estimate of drug-likeness (QED) is 0.154. The van der Waals surface area contributed by atoms with Gasteiger partial charge in [0.05, 0.1) is 19.8 Å². The molecule has 200 valence electrons. The van der Waals surface area contributed by atoms with E-state index < -0.39 is 112 Å². The van der Waals surface area contributed by atoms with Crippen molar-refractivity contribution in [2.75, 3.05) is 19.8 Å². The summed E-state index contributed by atoms with van der Waals surface area (Å²) in [5.41, 5.74) is 0. The smallest absolute Gasteiger partial charge is 0.186 e. The summed E-state index contributed by atoms with van der Waals surface area (Å²) in [6.45, 7) is -1.84. The lowest BCUT2D eigenvalue weighted by atomic mass is 9.98. The Morgan fingerprint density at radius 1 is 0.441 bits per heavy atom. The van der Waals surface area contributed by atoms with Gasteiger partial charge in [-0.15, -0.1) is 0 Å². The van der Waals surface area contributed by atoms with Crippen LogP contribution in [0.2, 0.25) is 0 Å². The van der Waals surface area contributed by atoms with Gasteiger partial charge in [-0.2, -0.15) is 0 Å². The second-order valence-corrected chi connectivity index (χ2v) is 8.42. The van der Waals surface area contributed by atoms with E-state index in [2.05, 4.69) is 0 Å². The highest BCUT2D eigenvalue weighted by molar-refractivity contribution is 4.92. The molecule has 3 rings (SSSR count). The molecule has 0 aromatic rings. The van der Waals surface area contributed by atoms with E-state index in [1.165, 1.54) is 0 Å². The van der Waals surface area contributed by atoms with Gasteiger partial charge in [0.25, 0.3) is 0 Å². The van der Waals surface area contributed by atoms with Crippen LogP contribution in [0.4, 0.5) is 0 Å². The van der Waals surface area contributed by atoms with Crippen LogP contribution in [0.1, 0.15) is 0 Å². The van der Waals surface area contributed by atoms with Crippen LogP contribution < -0.4 is 0 Å². The number of ether oxygens (including phenoxy) is 5. The van der Waals surface area contributed by atoms with Crippen LogP contribution in [0.3, 0.4) is 0 Å². The molecule has 3 aliphatic heterocycles. The van der Waals surface area contributed by atoms with E-state index in [-0.39, 0.29) is 0 Å². The molecule has 3 saturated heterocycles. The number of hydrogen-bond donors (Lipinski definition) is 11. The molecule has 11 N–H and O–H groups in total. The van der Waals surface area contributed by atoms with Crippen LogP contribution in [0.15, 0.2) is 0 Å². The maximum Gasteiger partial charge on any atom is 0.186 e. The highest BCUT2D eigenvalue weighted by Gasteiger charge is 2.48. The Bertz CT molecular complexity index is 639. The number of aliphatic hydroxyl groups is 11. The first-order valence-electron chi connectivity index (χ1n) is 10.6. The monoisotopic (exact) mass is 504 g/mol. The topological polar surface area (TPSA) is 269 Å². The Morgan fingerprint density at radius 3 is 1.29 bits per heavy atom. The molecule has 0 radical (unpaired) electrons. The SMILES string of the molecule is OC[C@H]1O[C@H](OC[C@H]2O[C@H](OC[C@H]3OC(O)[C@H](O)[C@@H](O)[C@H]3O)[C@H](O)[C@@H](O)[C@H]2O)[C@H](O)[C@H](O)[C@H]1O. The summed E-state index contributed by atoms with van der Waals surface area (Å²) in [7, 11) is 0.